The second-order valence-corrected chi connectivity index (χ2v) is 6.61. The first kappa shape index (κ1) is 17.0. The molecule has 2 aromatic rings. The molecule has 0 saturated carbocycles. The molecule has 1 aromatic heterocycles. The predicted molar refractivity (Wildman–Crippen MR) is 94.2 cm³/mol. The number of aliphatic hydroxyl groups is 1. The van der Waals surface area contributed by atoms with Crippen molar-refractivity contribution in [1.82, 2.24) is 9.47 Å². The number of carbonyl (C=O) groups excluding carboxylic acids is 1. The van der Waals surface area contributed by atoms with Gasteiger partial charge in [0.05, 0.1) is 12.7 Å². The van der Waals surface area contributed by atoms with E-state index in [9.17, 15) is 9.90 Å². The lowest BCUT2D eigenvalue weighted by Gasteiger charge is -2.26. The average molecular weight is 330 g/mol. The van der Waals surface area contributed by atoms with Crippen molar-refractivity contribution in [3.05, 3.63) is 36.0 Å². The van der Waals surface area contributed by atoms with E-state index in [4.69, 9.17) is 4.74 Å². The van der Waals surface area contributed by atoms with E-state index in [1.807, 2.05) is 35.2 Å². The van der Waals surface area contributed by atoms with Crippen molar-refractivity contribution < 1.29 is 14.6 Å². The summed E-state index contributed by atoms with van der Waals surface area (Å²) in [4.78, 5) is 15.1. The number of methoxy groups -OCH3 is 1. The molecule has 1 amide bonds. The van der Waals surface area contributed by atoms with Gasteiger partial charge in [0, 0.05) is 37.1 Å². The van der Waals surface area contributed by atoms with E-state index in [2.05, 4.69) is 4.57 Å². The van der Waals surface area contributed by atoms with Gasteiger partial charge < -0.3 is 19.3 Å². The average Bonchev–Trinajstić information content (AvgIpc) is 3.16. The number of hydrogen-bond acceptors (Lipinski definition) is 3. The summed E-state index contributed by atoms with van der Waals surface area (Å²) in [5, 5.41) is 10.8. The van der Waals surface area contributed by atoms with Crippen LogP contribution in [-0.2, 0) is 11.3 Å². The summed E-state index contributed by atoms with van der Waals surface area (Å²) in [5.74, 6) is 0.0606. The highest BCUT2D eigenvalue weighted by Crippen LogP contribution is 2.27. The highest BCUT2D eigenvalue weighted by Gasteiger charge is 2.31. The minimum Gasteiger partial charge on any atom is -0.393 e. The van der Waals surface area contributed by atoms with E-state index < -0.39 is 0 Å². The van der Waals surface area contributed by atoms with E-state index in [0.29, 0.717) is 25.3 Å². The molecule has 1 aliphatic heterocycles. The third-order valence-corrected chi connectivity index (χ3v) is 4.80. The molecule has 0 spiro atoms. The molecule has 1 saturated heterocycles. The van der Waals surface area contributed by atoms with Crippen LogP contribution >= 0.6 is 0 Å². The fourth-order valence-corrected chi connectivity index (χ4v) is 3.70. The Morgan fingerprint density at radius 3 is 2.96 bits per heavy atom. The first-order valence-electron chi connectivity index (χ1n) is 8.68. The van der Waals surface area contributed by atoms with Gasteiger partial charge in [-0.15, -0.1) is 0 Å². The zero-order valence-electron chi connectivity index (χ0n) is 14.4. The van der Waals surface area contributed by atoms with Crippen LogP contribution in [0.2, 0.25) is 0 Å². The Labute approximate surface area is 142 Å². The number of amides is 1. The SMILES string of the molecule is COCCn1c(C(=O)N2CCCC2CC(C)O)cc2ccccc21. The quantitative estimate of drug-likeness (QED) is 0.886. The molecule has 24 heavy (non-hydrogen) atoms. The van der Waals surface area contributed by atoms with Crippen molar-refractivity contribution in [2.24, 2.45) is 0 Å². The number of likely N-dealkylation sites (tertiary alicyclic amines) is 1. The van der Waals surface area contributed by atoms with Crippen LogP contribution in [-0.4, -0.2) is 52.9 Å². The molecular weight excluding hydrogens is 304 g/mol. The van der Waals surface area contributed by atoms with Crippen LogP contribution in [0.25, 0.3) is 10.9 Å². The van der Waals surface area contributed by atoms with Gasteiger partial charge in [0.15, 0.2) is 0 Å². The first-order valence-corrected chi connectivity index (χ1v) is 8.68. The summed E-state index contributed by atoms with van der Waals surface area (Å²) in [6, 6.07) is 10.2. The molecule has 0 bridgehead atoms. The topological polar surface area (TPSA) is 54.7 Å². The van der Waals surface area contributed by atoms with Crippen molar-refractivity contribution in [2.45, 2.75) is 44.9 Å². The van der Waals surface area contributed by atoms with Crippen LogP contribution in [0.3, 0.4) is 0 Å². The maximum Gasteiger partial charge on any atom is 0.270 e. The second-order valence-electron chi connectivity index (χ2n) is 6.61. The molecule has 5 nitrogen and oxygen atoms in total. The Kier molecular flexibility index (Phi) is 5.21. The van der Waals surface area contributed by atoms with Crippen LogP contribution in [0.15, 0.2) is 30.3 Å². The number of carbonyl (C=O) groups is 1. The van der Waals surface area contributed by atoms with Crippen molar-refractivity contribution >= 4 is 16.8 Å². The standard InChI is InChI=1S/C19H26N2O3/c1-14(22)12-16-7-5-9-20(16)19(23)18-13-15-6-3-4-8-17(15)21(18)10-11-24-2/h3-4,6,8,13-14,16,22H,5,7,9-12H2,1-2H3. The summed E-state index contributed by atoms with van der Waals surface area (Å²) in [6.45, 7) is 3.77. The molecule has 2 heterocycles. The Bertz CT molecular complexity index is 708. The van der Waals surface area contributed by atoms with Gasteiger partial charge in [-0.05, 0) is 38.3 Å². The van der Waals surface area contributed by atoms with E-state index in [1.54, 1.807) is 14.0 Å². The molecule has 2 unspecified atom stereocenters. The van der Waals surface area contributed by atoms with E-state index >= 15 is 0 Å². The van der Waals surface area contributed by atoms with Gasteiger partial charge in [-0.1, -0.05) is 18.2 Å². The number of nitrogens with zero attached hydrogens (tertiary/aromatic N) is 2. The molecule has 5 heteroatoms. The fraction of sp³-hybridized carbons (Fsp3) is 0.526. The smallest absolute Gasteiger partial charge is 0.270 e. The van der Waals surface area contributed by atoms with Crippen LogP contribution < -0.4 is 0 Å². The van der Waals surface area contributed by atoms with Gasteiger partial charge in [-0.3, -0.25) is 4.79 Å². The highest BCUT2D eigenvalue weighted by atomic mass is 16.5. The number of para-hydroxylation sites is 1. The van der Waals surface area contributed by atoms with Crippen molar-refractivity contribution in [3.63, 3.8) is 0 Å². The third kappa shape index (κ3) is 3.32. The van der Waals surface area contributed by atoms with Crippen molar-refractivity contribution in [2.75, 3.05) is 20.3 Å². The zero-order chi connectivity index (χ0) is 17.1. The molecule has 2 atom stereocenters. The number of aromatic nitrogens is 1. The van der Waals surface area contributed by atoms with E-state index in [1.165, 1.54) is 0 Å². The molecule has 1 aromatic carbocycles. The Hall–Kier alpha value is -1.85. The lowest BCUT2D eigenvalue weighted by atomic mass is 10.1. The van der Waals surface area contributed by atoms with E-state index in [-0.39, 0.29) is 18.1 Å². The highest BCUT2D eigenvalue weighted by molar-refractivity contribution is 5.99. The summed E-state index contributed by atoms with van der Waals surface area (Å²) in [7, 11) is 1.67. The van der Waals surface area contributed by atoms with Crippen LogP contribution in [0.5, 0.6) is 0 Å². The molecule has 130 valence electrons. The minimum atomic E-state index is -0.386. The van der Waals surface area contributed by atoms with Crippen LogP contribution in [0, 0.1) is 0 Å². The lowest BCUT2D eigenvalue weighted by molar-refractivity contribution is 0.0670. The normalized spacial score (nSPS) is 19.1. The van der Waals surface area contributed by atoms with Crippen molar-refractivity contribution in [1.29, 1.82) is 0 Å². The maximum atomic E-state index is 13.2. The largest absolute Gasteiger partial charge is 0.393 e. The molecule has 1 aliphatic rings. The fourth-order valence-electron chi connectivity index (χ4n) is 3.70. The zero-order valence-corrected chi connectivity index (χ0v) is 14.4. The maximum absolute atomic E-state index is 13.2. The lowest BCUT2D eigenvalue weighted by Crippen LogP contribution is -2.38. The Morgan fingerprint density at radius 1 is 1.42 bits per heavy atom. The summed E-state index contributed by atoms with van der Waals surface area (Å²) in [6.07, 6.45) is 2.23. The van der Waals surface area contributed by atoms with Crippen LogP contribution in [0.1, 0.15) is 36.7 Å². The van der Waals surface area contributed by atoms with Gasteiger partial charge in [-0.25, -0.2) is 0 Å². The van der Waals surface area contributed by atoms with Gasteiger partial charge in [-0.2, -0.15) is 0 Å². The van der Waals surface area contributed by atoms with Gasteiger partial charge in [0.1, 0.15) is 5.69 Å². The Morgan fingerprint density at radius 2 is 2.21 bits per heavy atom. The number of aliphatic hydroxyl groups excluding tert-OH is 1. The van der Waals surface area contributed by atoms with Gasteiger partial charge in [0.2, 0.25) is 0 Å². The van der Waals surface area contributed by atoms with Gasteiger partial charge in [0.25, 0.3) is 5.91 Å². The van der Waals surface area contributed by atoms with Crippen LogP contribution in [0.4, 0.5) is 0 Å². The predicted octanol–water partition coefficient (Wildman–Crippen LogP) is 2.66. The first-order chi connectivity index (χ1) is 11.6. The van der Waals surface area contributed by atoms with Crippen molar-refractivity contribution in [3.8, 4) is 0 Å². The summed E-state index contributed by atoms with van der Waals surface area (Å²) < 4.78 is 7.27. The number of fused-ring (bicyclic) bond motifs is 1. The molecule has 0 radical (unpaired) electrons. The third-order valence-electron chi connectivity index (χ3n) is 4.80. The second kappa shape index (κ2) is 7.36. The molecule has 1 N–H and O–H groups in total. The summed E-state index contributed by atoms with van der Waals surface area (Å²) in [5.41, 5.74) is 1.77. The molecule has 0 aliphatic carbocycles. The number of rotatable bonds is 6. The molecular formula is C19H26N2O3. The summed E-state index contributed by atoms with van der Waals surface area (Å²) >= 11 is 0. The molecule has 1 fully saturated rings. The monoisotopic (exact) mass is 330 g/mol. The number of benzene rings is 1. The number of hydrogen-bond donors (Lipinski definition) is 1. The molecule has 3 rings (SSSR count). The van der Waals surface area contributed by atoms with E-state index in [0.717, 1.165) is 30.3 Å². The van der Waals surface area contributed by atoms with Gasteiger partial charge >= 0.3 is 0 Å². The Balaban J connectivity index is 1.93. The number of ether oxygens (including phenoxy) is 1. The minimum absolute atomic E-state index is 0.0606.